The predicted octanol–water partition coefficient (Wildman–Crippen LogP) is 6.12. The molecule has 3 atom stereocenters. The van der Waals surface area contributed by atoms with Gasteiger partial charge in [0.25, 0.3) is 0 Å². The molecule has 26 heavy (non-hydrogen) atoms. The van der Waals surface area contributed by atoms with E-state index in [-0.39, 0.29) is 11.7 Å². The van der Waals surface area contributed by atoms with Gasteiger partial charge in [0.1, 0.15) is 5.75 Å². The fourth-order valence-corrected chi connectivity index (χ4v) is 3.48. The van der Waals surface area contributed by atoms with E-state index in [1.165, 1.54) is 24.8 Å². The zero-order valence-electron chi connectivity index (χ0n) is 17.9. The Morgan fingerprint density at radius 2 is 1.69 bits per heavy atom. The molecule has 3 heteroatoms. The topological polar surface area (TPSA) is 44.5 Å². The molecule has 0 saturated carbocycles. The number of hydrogen-bond acceptors (Lipinski definition) is 3. The first-order valence-corrected chi connectivity index (χ1v) is 10.4. The smallest absolute Gasteiger partial charge is 0.196 e. The zero-order valence-corrected chi connectivity index (χ0v) is 17.9. The van der Waals surface area contributed by atoms with Gasteiger partial charge in [-0.2, -0.15) is 0 Å². The fraction of sp³-hybridized carbons (Fsp3) is 0.739. The van der Waals surface area contributed by atoms with Gasteiger partial charge in [-0.05, 0) is 61.3 Å². The first kappa shape index (κ1) is 23.0. The summed E-state index contributed by atoms with van der Waals surface area (Å²) >= 11 is 0. The zero-order chi connectivity index (χ0) is 19.6. The van der Waals surface area contributed by atoms with Crippen molar-refractivity contribution in [3.8, 4) is 5.75 Å². The molecule has 0 spiro atoms. The Morgan fingerprint density at radius 3 is 2.19 bits per heavy atom. The molecule has 0 heterocycles. The van der Waals surface area contributed by atoms with E-state index in [2.05, 4.69) is 46.8 Å². The normalized spacial score (nSPS) is 15.5. The molecular formula is C23H41NO2. The summed E-state index contributed by atoms with van der Waals surface area (Å²) in [4.78, 5) is 0. The lowest BCUT2D eigenvalue weighted by molar-refractivity contribution is -0.0706. The first-order chi connectivity index (χ1) is 12.3. The molecule has 0 bridgehead atoms. The minimum absolute atomic E-state index is 0.222. The quantitative estimate of drug-likeness (QED) is 0.455. The predicted molar refractivity (Wildman–Crippen MR) is 112 cm³/mol. The molecule has 3 unspecified atom stereocenters. The van der Waals surface area contributed by atoms with Crippen LogP contribution in [0, 0.1) is 11.3 Å². The van der Waals surface area contributed by atoms with Gasteiger partial charge in [-0.3, -0.25) is 0 Å². The van der Waals surface area contributed by atoms with Crippen LogP contribution in [-0.2, 0) is 4.74 Å². The second kappa shape index (κ2) is 11.6. The van der Waals surface area contributed by atoms with E-state index in [0.717, 1.165) is 31.1 Å². The van der Waals surface area contributed by atoms with Crippen LogP contribution in [0.2, 0.25) is 0 Å². The summed E-state index contributed by atoms with van der Waals surface area (Å²) in [5.41, 5.74) is 7.55. The van der Waals surface area contributed by atoms with Crippen LogP contribution in [0.5, 0.6) is 5.75 Å². The van der Waals surface area contributed by atoms with Gasteiger partial charge >= 0.3 is 0 Å². The van der Waals surface area contributed by atoms with Crippen LogP contribution in [0.25, 0.3) is 0 Å². The molecular weight excluding hydrogens is 322 g/mol. The number of nitrogens with two attached hydrogens (primary N) is 1. The van der Waals surface area contributed by atoms with Gasteiger partial charge in [-0.15, -0.1) is 0 Å². The van der Waals surface area contributed by atoms with E-state index in [4.69, 9.17) is 15.2 Å². The highest BCUT2D eigenvalue weighted by Gasteiger charge is 2.19. The SMILES string of the molecule is CCCC(CC)CCOC(C)Oc1ccc(C(CN)CC(C)(C)C)cc1. The molecule has 2 N–H and O–H groups in total. The maximum atomic E-state index is 5.99. The molecule has 0 saturated heterocycles. The highest BCUT2D eigenvalue weighted by molar-refractivity contribution is 5.30. The van der Waals surface area contributed by atoms with Crippen LogP contribution < -0.4 is 10.5 Å². The molecule has 0 aliphatic heterocycles. The molecule has 150 valence electrons. The molecule has 1 aromatic carbocycles. The van der Waals surface area contributed by atoms with Crippen molar-refractivity contribution < 1.29 is 9.47 Å². The number of hydrogen-bond donors (Lipinski definition) is 1. The van der Waals surface area contributed by atoms with Gasteiger partial charge in [0.05, 0.1) is 6.61 Å². The van der Waals surface area contributed by atoms with Crippen LogP contribution in [-0.4, -0.2) is 19.4 Å². The standard InChI is InChI=1S/C23H41NO2/c1-7-9-19(8-2)14-15-25-18(3)26-22-12-10-20(11-13-22)21(17-24)16-23(4,5)6/h10-13,18-19,21H,7-9,14-17,24H2,1-6H3. The summed E-state index contributed by atoms with van der Waals surface area (Å²) in [6.07, 6.45) is 5.73. The van der Waals surface area contributed by atoms with E-state index in [1.807, 2.05) is 19.1 Å². The summed E-state index contributed by atoms with van der Waals surface area (Å²) < 4.78 is 11.8. The van der Waals surface area contributed by atoms with Gasteiger partial charge in [0, 0.05) is 0 Å². The Morgan fingerprint density at radius 1 is 1.04 bits per heavy atom. The van der Waals surface area contributed by atoms with Crippen molar-refractivity contribution in [1.82, 2.24) is 0 Å². The van der Waals surface area contributed by atoms with Crippen molar-refractivity contribution in [3.63, 3.8) is 0 Å². The number of ether oxygens (including phenoxy) is 2. The minimum Gasteiger partial charge on any atom is -0.465 e. The molecule has 0 amide bonds. The third-order valence-corrected chi connectivity index (χ3v) is 4.95. The number of benzene rings is 1. The average Bonchev–Trinajstić information content (AvgIpc) is 2.59. The van der Waals surface area contributed by atoms with Crippen molar-refractivity contribution in [1.29, 1.82) is 0 Å². The monoisotopic (exact) mass is 363 g/mol. The van der Waals surface area contributed by atoms with Crippen LogP contribution in [0.15, 0.2) is 24.3 Å². The molecule has 0 aliphatic carbocycles. The highest BCUT2D eigenvalue weighted by Crippen LogP contribution is 2.31. The molecule has 1 aromatic rings. The summed E-state index contributed by atoms with van der Waals surface area (Å²) in [6.45, 7) is 14.7. The Hall–Kier alpha value is -1.06. The van der Waals surface area contributed by atoms with Crippen LogP contribution in [0.4, 0.5) is 0 Å². The van der Waals surface area contributed by atoms with E-state index < -0.39 is 0 Å². The third kappa shape index (κ3) is 9.05. The first-order valence-electron chi connectivity index (χ1n) is 10.4. The Kier molecular flexibility index (Phi) is 10.3. The van der Waals surface area contributed by atoms with Gasteiger partial charge in [0.15, 0.2) is 6.29 Å². The summed E-state index contributed by atoms with van der Waals surface area (Å²) in [5.74, 6) is 2.01. The highest BCUT2D eigenvalue weighted by atomic mass is 16.7. The maximum Gasteiger partial charge on any atom is 0.196 e. The van der Waals surface area contributed by atoms with Crippen LogP contribution in [0.1, 0.15) is 85.1 Å². The van der Waals surface area contributed by atoms with E-state index >= 15 is 0 Å². The second-order valence-electron chi connectivity index (χ2n) is 8.67. The lowest BCUT2D eigenvalue weighted by atomic mass is 9.81. The lowest BCUT2D eigenvalue weighted by Crippen LogP contribution is -2.20. The Balaban J connectivity index is 2.48. The summed E-state index contributed by atoms with van der Waals surface area (Å²) in [6, 6.07) is 8.35. The largest absolute Gasteiger partial charge is 0.465 e. The minimum atomic E-state index is -0.222. The molecule has 0 fully saturated rings. The Bertz CT molecular complexity index is 478. The maximum absolute atomic E-state index is 5.99. The van der Waals surface area contributed by atoms with Gasteiger partial charge in [-0.25, -0.2) is 0 Å². The third-order valence-electron chi connectivity index (χ3n) is 4.95. The van der Waals surface area contributed by atoms with E-state index in [1.54, 1.807) is 0 Å². The van der Waals surface area contributed by atoms with Crippen molar-refractivity contribution in [2.45, 2.75) is 85.9 Å². The average molecular weight is 364 g/mol. The van der Waals surface area contributed by atoms with Crippen molar-refractivity contribution >= 4 is 0 Å². The molecule has 3 nitrogen and oxygen atoms in total. The van der Waals surface area contributed by atoms with Gasteiger partial charge < -0.3 is 15.2 Å². The fourth-order valence-electron chi connectivity index (χ4n) is 3.48. The summed E-state index contributed by atoms with van der Waals surface area (Å²) in [7, 11) is 0. The number of rotatable bonds is 12. The van der Waals surface area contributed by atoms with Crippen molar-refractivity contribution in [2.24, 2.45) is 17.1 Å². The molecule has 1 rings (SSSR count). The van der Waals surface area contributed by atoms with Crippen molar-refractivity contribution in [3.05, 3.63) is 29.8 Å². The van der Waals surface area contributed by atoms with Gasteiger partial charge in [-0.1, -0.05) is 66.0 Å². The van der Waals surface area contributed by atoms with Crippen LogP contribution in [0.3, 0.4) is 0 Å². The van der Waals surface area contributed by atoms with Crippen molar-refractivity contribution in [2.75, 3.05) is 13.2 Å². The van der Waals surface area contributed by atoms with E-state index in [0.29, 0.717) is 12.5 Å². The molecule has 0 aliphatic rings. The molecule has 0 radical (unpaired) electrons. The Labute approximate surface area is 161 Å². The van der Waals surface area contributed by atoms with Crippen LogP contribution >= 0.6 is 0 Å². The van der Waals surface area contributed by atoms with E-state index in [9.17, 15) is 0 Å². The molecule has 0 aromatic heterocycles. The summed E-state index contributed by atoms with van der Waals surface area (Å²) in [5, 5.41) is 0. The second-order valence-corrected chi connectivity index (χ2v) is 8.67. The lowest BCUT2D eigenvalue weighted by Gasteiger charge is -2.25. The van der Waals surface area contributed by atoms with Gasteiger partial charge in [0.2, 0.25) is 0 Å².